The third-order valence-corrected chi connectivity index (χ3v) is 9.37. The number of carboxylic acids is 1. The van der Waals surface area contributed by atoms with Crippen LogP contribution in [0.25, 0.3) is 0 Å². The van der Waals surface area contributed by atoms with Crippen molar-refractivity contribution in [2.45, 2.75) is 58.3 Å². The molecule has 2 rings (SSSR count). The number of hydrogen-bond acceptors (Lipinski definition) is 17. The molecule has 56 heavy (non-hydrogen) atoms. The molecule has 1 aromatic rings. The number of aliphatic carboxylic acids is 1. The lowest BCUT2D eigenvalue weighted by atomic mass is 10.0. The van der Waals surface area contributed by atoms with Gasteiger partial charge < -0.3 is 48.8 Å². The molecule has 0 spiro atoms. The number of nitrogens with zero attached hydrogens (tertiary/aromatic N) is 4. The van der Waals surface area contributed by atoms with Crippen molar-refractivity contribution in [1.29, 1.82) is 0 Å². The first-order valence-electron chi connectivity index (χ1n) is 19.5. The summed E-state index contributed by atoms with van der Waals surface area (Å²) in [7, 11) is 0. The normalized spacial score (nSPS) is 17.8. The molecule has 0 saturated carbocycles. The average Bonchev–Trinajstić information content (AvgIpc) is 3.17. The second kappa shape index (κ2) is 28.0. The zero-order valence-electron chi connectivity index (χ0n) is 33.4. The maximum Gasteiger partial charge on any atom is 0.325 e. The largest absolute Gasteiger partial charge is 0.491 e. The lowest BCUT2D eigenvalue weighted by Crippen LogP contribution is -2.58. The molecule has 0 aliphatic carbocycles. The number of carbonyl (C=O) groups excluding carboxylic acids is 3. The first kappa shape index (κ1) is 48.7. The van der Waals surface area contributed by atoms with Crippen molar-refractivity contribution < 1.29 is 68.0 Å². The fourth-order valence-corrected chi connectivity index (χ4v) is 6.35. The van der Waals surface area contributed by atoms with Crippen LogP contribution in [0.1, 0.15) is 33.3 Å². The van der Waals surface area contributed by atoms with Gasteiger partial charge in [0.05, 0.1) is 59.5 Å². The van der Waals surface area contributed by atoms with Crippen LogP contribution < -0.4 is 4.74 Å². The van der Waals surface area contributed by atoms with Crippen LogP contribution in [0.2, 0.25) is 0 Å². The van der Waals surface area contributed by atoms with Crippen LogP contribution >= 0.6 is 0 Å². The topological polar surface area (TPSA) is 218 Å². The molecular formula is C38H64N4O14. The van der Waals surface area contributed by atoms with Crippen molar-refractivity contribution >= 4 is 23.9 Å². The zero-order valence-corrected chi connectivity index (χ0v) is 33.4. The number of rotatable bonds is 24. The van der Waals surface area contributed by atoms with Crippen molar-refractivity contribution in [2.24, 2.45) is 0 Å². The molecule has 320 valence electrons. The summed E-state index contributed by atoms with van der Waals surface area (Å²) in [6.45, 7) is 8.47. The van der Waals surface area contributed by atoms with Gasteiger partial charge >= 0.3 is 23.9 Å². The second-order valence-electron chi connectivity index (χ2n) is 12.9. The van der Waals surface area contributed by atoms with Gasteiger partial charge in [-0.05, 0) is 51.8 Å². The van der Waals surface area contributed by atoms with Crippen LogP contribution in [-0.4, -0.2) is 213 Å². The Morgan fingerprint density at radius 1 is 0.536 bits per heavy atom. The van der Waals surface area contributed by atoms with E-state index in [1.165, 1.54) is 0 Å². The molecule has 1 saturated heterocycles. The molecule has 0 radical (unpaired) electrons. The molecule has 18 nitrogen and oxygen atoms in total. The quantitative estimate of drug-likeness (QED) is 0.0566. The Balaban J connectivity index is 2.45. The van der Waals surface area contributed by atoms with E-state index in [0.717, 1.165) is 5.56 Å². The molecule has 0 aromatic heterocycles. The van der Waals surface area contributed by atoms with E-state index < -0.39 is 67.9 Å². The molecule has 1 aliphatic rings. The maximum atomic E-state index is 13.1. The van der Waals surface area contributed by atoms with Crippen molar-refractivity contribution in [3.63, 3.8) is 0 Å². The van der Waals surface area contributed by atoms with Gasteiger partial charge in [0, 0.05) is 59.0 Å². The van der Waals surface area contributed by atoms with Crippen LogP contribution in [-0.2, 0) is 49.3 Å². The van der Waals surface area contributed by atoms with Crippen molar-refractivity contribution in [3.05, 3.63) is 29.8 Å². The van der Waals surface area contributed by atoms with Gasteiger partial charge in [0.1, 0.15) is 36.5 Å². The highest BCUT2D eigenvalue weighted by Gasteiger charge is 2.35. The van der Waals surface area contributed by atoms with Gasteiger partial charge in [-0.3, -0.25) is 38.8 Å². The van der Waals surface area contributed by atoms with Crippen molar-refractivity contribution in [3.8, 4) is 5.75 Å². The predicted molar refractivity (Wildman–Crippen MR) is 203 cm³/mol. The smallest absolute Gasteiger partial charge is 0.325 e. The van der Waals surface area contributed by atoms with E-state index in [1.807, 2.05) is 6.92 Å². The van der Waals surface area contributed by atoms with Gasteiger partial charge in [0.25, 0.3) is 0 Å². The fourth-order valence-electron chi connectivity index (χ4n) is 6.35. The second-order valence-corrected chi connectivity index (χ2v) is 12.9. The molecule has 1 aliphatic heterocycles. The van der Waals surface area contributed by atoms with E-state index in [1.54, 1.807) is 64.6 Å². The predicted octanol–water partition coefficient (Wildman–Crippen LogP) is -0.892. The fraction of sp³-hybridized carbons (Fsp3) is 0.737. The number of aliphatic hydroxyl groups is 3. The minimum atomic E-state index is -1.10. The van der Waals surface area contributed by atoms with Gasteiger partial charge in [-0.1, -0.05) is 12.1 Å². The molecular weight excluding hydrogens is 736 g/mol. The van der Waals surface area contributed by atoms with E-state index in [2.05, 4.69) is 0 Å². The van der Waals surface area contributed by atoms with Gasteiger partial charge in [-0.15, -0.1) is 0 Å². The molecule has 1 fully saturated rings. The Labute approximate surface area is 330 Å². The van der Waals surface area contributed by atoms with E-state index >= 15 is 0 Å². The average molecular weight is 801 g/mol. The molecule has 18 heteroatoms. The number of hydrogen-bond donors (Lipinski definition) is 4. The van der Waals surface area contributed by atoms with Crippen LogP contribution in [0.15, 0.2) is 24.3 Å². The highest BCUT2D eigenvalue weighted by atomic mass is 16.6. The van der Waals surface area contributed by atoms with Crippen molar-refractivity contribution in [1.82, 2.24) is 19.6 Å². The lowest BCUT2D eigenvalue weighted by molar-refractivity contribution is -0.155. The SMILES string of the molecule is CCOCCOCCOc1ccc(CC(C(=O)O)N2CCN(C(CO)C(=O)OCC)CCN(C(CO)C(=O)OCC)CCN(C(CO)C(=O)OCC)CC2)cc1. The highest BCUT2D eigenvalue weighted by Crippen LogP contribution is 2.18. The molecule has 4 unspecified atom stereocenters. The van der Waals surface area contributed by atoms with Gasteiger partial charge in [-0.25, -0.2) is 0 Å². The van der Waals surface area contributed by atoms with E-state index in [4.69, 9.17) is 28.4 Å². The summed E-state index contributed by atoms with van der Waals surface area (Å²) in [6.07, 6.45) is 0.101. The number of benzene rings is 1. The van der Waals surface area contributed by atoms with E-state index in [-0.39, 0.29) is 78.6 Å². The Kier molecular flexibility index (Phi) is 24.4. The Morgan fingerprint density at radius 3 is 1.23 bits per heavy atom. The van der Waals surface area contributed by atoms with Gasteiger partial charge in [-0.2, -0.15) is 0 Å². The summed E-state index contributed by atoms with van der Waals surface area (Å²) < 4.78 is 32.3. The molecule has 0 amide bonds. The number of aliphatic hydroxyl groups excluding tert-OH is 3. The van der Waals surface area contributed by atoms with E-state index in [0.29, 0.717) is 38.8 Å². The number of esters is 3. The number of carbonyl (C=O) groups is 4. The summed E-state index contributed by atoms with van der Waals surface area (Å²) in [5.41, 5.74) is 0.724. The summed E-state index contributed by atoms with van der Waals surface area (Å²) >= 11 is 0. The Hall–Kier alpha value is -3.46. The minimum Gasteiger partial charge on any atom is -0.491 e. The first-order chi connectivity index (χ1) is 27.1. The summed E-state index contributed by atoms with van der Waals surface area (Å²) in [6, 6.07) is 2.75. The van der Waals surface area contributed by atoms with Gasteiger partial charge in [0.2, 0.25) is 0 Å². The zero-order chi connectivity index (χ0) is 41.3. The maximum absolute atomic E-state index is 13.1. The molecule has 4 N–H and O–H groups in total. The lowest BCUT2D eigenvalue weighted by Gasteiger charge is -2.39. The van der Waals surface area contributed by atoms with E-state index in [9.17, 15) is 39.6 Å². The molecule has 1 heterocycles. The third kappa shape index (κ3) is 16.6. The van der Waals surface area contributed by atoms with Crippen LogP contribution in [0.5, 0.6) is 5.75 Å². The summed E-state index contributed by atoms with van der Waals surface area (Å²) in [4.78, 5) is 58.8. The first-order valence-corrected chi connectivity index (χ1v) is 19.5. The Morgan fingerprint density at radius 2 is 0.893 bits per heavy atom. The third-order valence-electron chi connectivity index (χ3n) is 9.37. The van der Waals surface area contributed by atoms with Gasteiger partial charge in [0.15, 0.2) is 0 Å². The van der Waals surface area contributed by atoms with Crippen LogP contribution in [0, 0.1) is 0 Å². The van der Waals surface area contributed by atoms with Crippen molar-refractivity contribution in [2.75, 3.05) is 125 Å². The minimum absolute atomic E-state index is 0.0758. The van der Waals surface area contributed by atoms with Crippen LogP contribution in [0.3, 0.4) is 0 Å². The highest BCUT2D eigenvalue weighted by molar-refractivity contribution is 5.77. The number of ether oxygens (including phenoxy) is 6. The summed E-state index contributed by atoms with van der Waals surface area (Å²) in [5.74, 6) is -2.49. The molecule has 4 atom stereocenters. The summed E-state index contributed by atoms with van der Waals surface area (Å²) in [5, 5.41) is 41.7. The standard InChI is InChI=1S/C38H64N4O14/c1-5-51-21-22-52-23-24-56-30-11-9-29(10-12-30)25-31(35(46)47)39-13-15-40(32(26-43)36(48)53-6-2)17-19-42(34(28-45)38(50)55-8-4)20-18-41(16-14-39)33(27-44)37(49)54-7-3/h9-12,31-34,43-45H,5-8,13-28H2,1-4H3,(H,46,47). The molecule has 0 bridgehead atoms. The van der Waals surface area contributed by atoms with Crippen LogP contribution in [0.4, 0.5) is 0 Å². The molecule has 1 aromatic carbocycles. The monoisotopic (exact) mass is 800 g/mol. The Bertz CT molecular complexity index is 1230. The number of carboxylic acid groups (broad SMARTS) is 1.